The Kier molecular flexibility index (Phi) is 5.41. The van der Waals surface area contributed by atoms with Gasteiger partial charge in [0.15, 0.2) is 0 Å². The van der Waals surface area contributed by atoms with Crippen LogP contribution in [0, 0.1) is 22.3 Å². The third-order valence-electron chi connectivity index (χ3n) is 4.69. The fourth-order valence-electron chi connectivity index (χ4n) is 3.23. The molecule has 4 rings (SSSR count). The van der Waals surface area contributed by atoms with Gasteiger partial charge in [-0.3, -0.25) is 0 Å². The first kappa shape index (κ1) is 18.9. The number of nitriles is 1. The third kappa shape index (κ3) is 4.06. The Bertz CT molecular complexity index is 1200. The van der Waals surface area contributed by atoms with E-state index in [0.717, 1.165) is 27.8 Å². The van der Waals surface area contributed by atoms with Crippen molar-refractivity contribution >= 4 is 11.8 Å². The van der Waals surface area contributed by atoms with E-state index in [4.69, 9.17) is 5.26 Å². The summed E-state index contributed by atoms with van der Waals surface area (Å²) in [5.41, 5.74) is 3.73. The highest BCUT2D eigenvalue weighted by atomic mass is 32.2. The predicted molar refractivity (Wildman–Crippen MR) is 114 cm³/mol. The van der Waals surface area contributed by atoms with E-state index < -0.39 is 0 Å². The van der Waals surface area contributed by atoms with E-state index in [1.807, 2.05) is 35.7 Å². The largest absolute Gasteiger partial charge is 0.206 e. The van der Waals surface area contributed by atoms with E-state index >= 15 is 0 Å². The molecule has 0 fully saturated rings. The topological polar surface area (TPSA) is 23.8 Å². The lowest BCUT2D eigenvalue weighted by molar-refractivity contribution is 0.629. The summed E-state index contributed by atoms with van der Waals surface area (Å²) in [6.07, 6.45) is 0. The van der Waals surface area contributed by atoms with E-state index in [2.05, 4.69) is 0 Å². The second kappa shape index (κ2) is 8.30. The van der Waals surface area contributed by atoms with Crippen molar-refractivity contribution in [2.45, 2.75) is 4.90 Å². The predicted octanol–water partition coefficient (Wildman–Crippen LogP) is 7.54. The molecule has 4 aromatic carbocycles. The van der Waals surface area contributed by atoms with Gasteiger partial charge < -0.3 is 0 Å². The minimum Gasteiger partial charge on any atom is -0.206 e. The minimum atomic E-state index is -0.379. The number of rotatable bonds is 4. The van der Waals surface area contributed by atoms with Gasteiger partial charge in [0.2, 0.25) is 0 Å². The average Bonchev–Trinajstić information content (AvgIpc) is 2.75. The van der Waals surface area contributed by atoms with Crippen molar-refractivity contribution in [2.75, 3.05) is 0 Å². The number of hydrogen-bond acceptors (Lipinski definition) is 2. The molecule has 140 valence electrons. The van der Waals surface area contributed by atoms with Gasteiger partial charge >= 0.3 is 0 Å². The molecule has 0 saturated carbocycles. The van der Waals surface area contributed by atoms with Crippen molar-refractivity contribution < 1.29 is 8.78 Å². The summed E-state index contributed by atoms with van der Waals surface area (Å²) in [7, 11) is 0. The second-order valence-electron chi connectivity index (χ2n) is 6.47. The van der Waals surface area contributed by atoms with Gasteiger partial charge in [-0.05, 0) is 58.3 Å². The van der Waals surface area contributed by atoms with Crippen LogP contribution in [-0.4, -0.2) is 0 Å². The first-order valence-corrected chi connectivity index (χ1v) is 9.78. The molecule has 0 radical (unpaired) electrons. The Balaban J connectivity index is 1.64. The number of halogens is 2. The molecule has 1 nitrogen and oxygen atoms in total. The van der Waals surface area contributed by atoms with Crippen molar-refractivity contribution in [3.63, 3.8) is 0 Å². The second-order valence-corrected chi connectivity index (χ2v) is 7.33. The molecule has 0 heterocycles. The Hall–Kier alpha value is -3.42. The number of nitrogens with zero attached hydrogens (tertiary/aromatic N) is 1. The maximum Gasteiger partial charge on any atom is 0.138 e. The average molecular weight is 399 g/mol. The van der Waals surface area contributed by atoms with Crippen LogP contribution >= 0.6 is 11.8 Å². The van der Waals surface area contributed by atoms with Crippen LogP contribution in [0.5, 0.6) is 0 Å². The molecule has 0 aliphatic carbocycles. The summed E-state index contributed by atoms with van der Waals surface area (Å²) >= 11 is 1.06. The SMILES string of the molecule is N#CSc1ccc(-c2ccc(-c3ccc(-c4ccccc4)c(F)c3)cc2F)cc1. The van der Waals surface area contributed by atoms with Crippen molar-refractivity contribution in [3.8, 4) is 38.8 Å². The summed E-state index contributed by atoms with van der Waals surface area (Å²) < 4.78 is 29.4. The van der Waals surface area contributed by atoms with Crippen molar-refractivity contribution in [3.05, 3.63) is 103 Å². The lowest BCUT2D eigenvalue weighted by Gasteiger charge is -2.09. The summed E-state index contributed by atoms with van der Waals surface area (Å²) in [5, 5.41) is 10.7. The van der Waals surface area contributed by atoms with Crippen LogP contribution in [0.2, 0.25) is 0 Å². The highest BCUT2D eigenvalue weighted by molar-refractivity contribution is 8.03. The Morgan fingerprint density at radius 1 is 0.586 bits per heavy atom. The summed E-state index contributed by atoms with van der Waals surface area (Å²) in [4.78, 5) is 0.808. The van der Waals surface area contributed by atoms with Crippen molar-refractivity contribution in [1.82, 2.24) is 0 Å². The Morgan fingerprint density at radius 3 is 1.55 bits per heavy atom. The number of thiocyanates is 1. The fourth-order valence-corrected chi connectivity index (χ4v) is 3.61. The molecule has 0 amide bonds. The third-order valence-corrected chi connectivity index (χ3v) is 5.28. The molecule has 0 N–H and O–H groups in total. The van der Waals surface area contributed by atoms with E-state index in [0.29, 0.717) is 22.3 Å². The summed E-state index contributed by atoms with van der Waals surface area (Å²) in [6.45, 7) is 0. The molecule has 0 aliphatic rings. The first-order chi connectivity index (χ1) is 14.2. The molecule has 0 saturated heterocycles. The van der Waals surface area contributed by atoms with Crippen LogP contribution in [0.1, 0.15) is 0 Å². The monoisotopic (exact) mass is 399 g/mol. The van der Waals surface area contributed by atoms with E-state index in [-0.39, 0.29) is 11.6 Å². The smallest absolute Gasteiger partial charge is 0.138 e. The maximum absolute atomic E-state index is 14.8. The van der Waals surface area contributed by atoms with Crippen molar-refractivity contribution in [2.24, 2.45) is 0 Å². The van der Waals surface area contributed by atoms with Gasteiger partial charge in [-0.15, -0.1) is 0 Å². The summed E-state index contributed by atoms with van der Waals surface area (Å²) in [6, 6.07) is 26.3. The van der Waals surface area contributed by atoms with Gasteiger partial charge in [-0.2, -0.15) is 5.26 Å². The lowest BCUT2D eigenvalue weighted by atomic mass is 9.97. The van der Waals surface area contributed by atoms with Crippen LogP contribution in [0.25, 0.3) is 33.4 Å². The van der Waals surface area contributed by atoms with E-state index in [1.54, 1.807) is 48.5 Å². The molecule has 0 atom stereocenters. The van der Waals surface area contributed by atoms with Gasteiger partial charge in [-0.1, -0.05) is 66.7 Å². The lowest BCUT2D eigenvalue weighted by Crippen LogP contribution is -1.89. The van der Waals surface area contributed by atoms with Crippen LogP contribution < -0.4 is 0 Å². The molecule has 4 aromatic rings. The molecule has 0 unspecified atom stereocenters. The highest BCUT2D eigenvalue weighted by Gasteiger charge is 2.11. The Labute approximate surface area is 172 Å². The molecule has 0 aliphatic heterocycles. The zero-order valence-electron chi connectivity index (χ0n) is 15.3. The van der Waals surface area contributed by atoms with Gasteiger partial charge in [0.1, 0.15) is 17.0 Å². The maximum atomic E-state index is 14.8. The van der Waals surface area contributed by atoms with Gasteiger partial charge in [-0.25, -0.2) is 8.78 Å². The normalized spacial score (nSPS) is 10.5. The zero-order chi connectivity index (χ0) is 20.2. The molecule has 4 heteroatoms. The molecule has 0 aromatic heterocycles. The molecule has 0 spiro atoms. The van der Waals surface area contributed by atoms with Gasteiger partial charge in [0, 0.05) is 16.0 Å². The van der Waals surface area contributed by atoms with Crippen LogP contribution in [-0.2, 0) is 0 Å². The van der Waals surface area contributed by atoms with Crippen LogP contribution in [0.15, 0.2) is 95.9 Å². The van der Waals surface area contributed by atoms with Crippen molar-refractivity contribution in [1.29, 1.82) is 5.26 Å². The Morgan fingerprint density at radius 2 is 1.07 bits per heavy atom. The molecule has 29 heavy (non-hydrogen) atoms. The molecular weight excluding hydrogens is 384 g/mol. The van der Waals surface area contributed by atoms with Crippen LogP contribution in [0.3, 0.4) is 0 Å². The molecule has 0 bridgehead atoms. The highest BCUT2D eigenvalue weighted by Crippen LogP contribution is 2.32. The number of hydrogen-bond donors (Lipinski definition) is 0. The summed E-state index contributed by atoms with van der Waals surface area (Å²) in [5.74, 6) is -0.723. The quantitative estimate of drug-likeness (QED) is 0.261. The number of thioether (sulfide) groups is 1. The fraction of sp³-hybridized carbons (Fsp3) is 0. The standard InChI is InChI=1S/C25H15F2NS/c26-24-14-19(8-12-22(24)17-4-2-1-3-5-17)20-9-13-23(25(27)15-20)18-6-10-21(11-7-18)29-16-28/h1-15H. The van der Waals surface area contributed by atoms with Gasteiger partial charge in [0.25, 0.3) is 0 Å². The zero-order valence-corrected chi connectivity index (χ0v) is 16.1. The minimum absolute atomic E-state index is 0.344. The van der Waals surface area contributed by atoms with Crippen LogP contribution in [0.4, 0.5) is 8.78 Å². The molecular formula is C25H15F2NS. The number of benzene rings is 4. The van der Waals surface area contributed by atoms with E-state index in [9.17, 15) is 8.78 Å². The first-order valence-electron chi connectivity index (χ1n) is 8.97. The van der Waals surface area contributed by atoms with E-state index in [1.165, 1.54) is 12.1 Å². The van der Waals surface area contributed by atoms with Gasteiger partial charge in [0.05, 0.1) is 0 Å².